The van der Waals surface area contributed by atoms with Crippen molar-refractivity contribution >= 4 is 31.5 Å². The van der Waals surface area contributed by atoms with Gasteiger partial charge in [-0.2, -0.15) is 5.26 Å². The van der Waals surface area contributed by atoms with Crippen molar-refractivity contribution in [1.29, 1.82) is 5.26 Å². The Kier molecular flexibility index (Phi) is 2.17. The van der Waals surface area contributed by atoms with Crippen LogP contribution in [0.15, 0.2) is 16.5 Å². The van der Waals surface area contributed by atoms with Crippen molar-refractivity contribution in [1.82, 2.24) is 9.97 Å². The summed E-state index contributed by atoms with van der Waals surface area (Å²) < 4.78 is 22.7. The van der Waals surface area contributed by atoms with Crippen molar-refractivity contribution < 1.29 is 8.42 Å². The van der Waals surface area contributed by atoms with Crippen LogP contribution in [0.3, 0.4) is 0 Å². The van der Waals surface area contributed by atoms with Crippen LogP contribution in [0.2, 0.25) is 0 Å². The molecule has 2 rings (SSSR count). The Labute approximate surface area is 89.9 Å². The molecule has 0 aromatic carbocycles. The standard InChI is InChI=1S/C8H5N3O2S2/c1-15(12,13)6-4-14-8-7(6)11-5(2-9)3-10-8/h3-4H,1H3. The molecule has 5 nitrogen and oxygen atoms in total. The lowest BCUT2D eigenvalue weighted by Gasteiger charge is -1.94. The Morgan fingerprint density at radius 1 is 1.53 bits per heavy atom. The molecule has 0 N–H and O–H groups in total. The first-order valence-electron chi connectivity index (χ1n) is 3.87. The van der Waals surface area contributed by atoms with Crippen LogP contribution >= 0.6 is 11.3 Å². The van der Waals surface area contributed by atoms with Gasteiger partial charge < -0.3 is 0 Å². The molecule has 0 fully saturated rings. The molecule has 0 amide bonds. The van der Waals surface area contributed by atoms with E-state index < -0.39 is 9.84 Å². The van der Waals surface area contributed by atoms with Crippen LogP contribution in [0.1, 0.15) is 5.69 Å². The molecular weight excluding hydrogens is 234 g/mol. The molecule has 0 aliphatic carbocycles. The molecule has 0 bridgehead atoms. The normalized spacial score (nSPS) is 11.5. The highest BCUT2D eigenvalue weighted by atomic mass is 32.2. The summed E-state index contributed by atoms with van der Waals surface area (Å²) in [6.45, 7) is 0. The number of aromatic nitrogens is 2. The molecule has 2 heterocycles. The molecular formula is C8H5N3O2S2. The van der Waals surface area contributed by atoms with Crippen molar-refractivity contribution in [3.05, 3.63) is 17.3 Å². The molecule has 0 aliphatic rings. The zero-order chi connectivity index (χ0) is 11.1. The first kappa shape index (κ1) is 10.0. The lowest BCUT2D eigenvalue weighted by Crippen LogP contribution is -1.97. The van der Waals surface area contributed by atoms with Crippen LogP contribution in [0.5, 0.6) is 0 Å². The fourth-order valence-electron chi connectivity index (χ4n) is 1.11. The van der Waals surface area contributed by atoms with Gasteiger partial charge in [-0.1, -0.05) is 0 Å². The lowest BCUT2D eigenvalue weighted by molar-refractivity contribution is 0.603. The van der Waals surface area contributed by atoms with Crippen molar-refractivity contribution in [3.8, 4) is 6.07 Å². The lowest BCUT2D eigenvalue weighted by atomic mass is 10.4. The van der Waals surface area contributed by atoms with Gasteiger partial charge in [-0.25, -0.2) is 18.4 Å². The predicted octanol–water partition coefficient (Wildman–Crippen LogP) is 0.966. The summed E-state index contributed by atoms with van der Waals surface area (Å²) >= 11 is 1.20. The highest BCUT2D eigenvalue weighted by molar-refractivity contribution is 7.91. The van der Waals surface area contributed by atoms with Crippen LogP contribution in [0, 0.1) is 11.3 Å². The van der Waals surface area contributed by atoms with E-state index in [1.165, 1.54) is 22.9 Å². The van der Waals surface area contributed by atoms with Crippen molar-refractivity contribution in [2.75, 3.05) is 6.26 Å². The molecule has 0 saturated heterocycles. The maximum Gasteiger partial charge on any atom is 0.178 e. The second-order valence-electron chi connectivity index (χ2n) is 2.89. The Balaban J connectivity index is 2.85. The molecule has 15 heavy (non-hydrogen) atoms. The molecule has 0 saturated carbocycles. The van der Waals surface area contributed by atoms with E-state index in [9.17, 15) is 8.42 Å². The first-order valence-corrected chi connectivity index (χ1v) is 6.64. The van der Waals surface area contributed by atoms with Gasteiger partial charge >= 0.3 is 0 Å². The molecule has 7 heteroatoms. The third-order valence-corrected chi connectivity index (χ3v) is 3.90. The largest absolute Gasteiger partial charge is 0.241 e. The number of sulfone groups is 1. The molecule has 76 valence electrons. The van der Waals surface area contributed by atoms with Gasteiger partial charge in [0.15, 0.2) is 15.5 Å². The van der Waals surface area contributed by atoms with E-state index in [1.54, 1.807) is 0 Å². The highest BCUT2D eigenvalue weighted by Gasteiger charge is 2.16. The number of hydrogen-bond donors (Lipinski definition) is 0. The second-order valence-corrected chi connectivity index (χ2v) is 5.74. The number of fused-ring (bicyclic) bond motifs is 1. The number of rotatable bonds is 1. The Morgan fingerprint density at radius 2 is 2.27 bits per heavy atom. The topological polar surface area (TPSA) is 83.7 Å². The van der Waals surface area contributed by atoms with E-state index in [0.717, 1.165) is 6.26 Å². The molecule has 0 unspecified atom stereocenters. The fourth-order valence-corrected chi connectivity index (χ4v) is 3.22. The summed E-state index contributed by atoms with van der Waals surface area (Å²) in [5.74, 6) is 0. The molecule has 0 atom stereocenters. The quantitative estimate of drug-likeness (QED) is 0.740. The van der Waals surface area contributed by atoms with Gasteiger partial charge in [0, 0.05) is 11.6 Å². The van der Waals surface area contributed by atoms with Gasteiger partial charge in [0.1, 0.15) is 21.3 Å². The third-order valence-electron chi connectivity index (χ3n) is 1.76. The Morgan fingerprint density at radius 3 is 2.87 bits per heavy atom. The number of nitriles is 1. The highest BCUT2D eigenvalue weighted by Crippen LogP contribution is 2.25. The van der Waals surface area contributed by atoms with Crippen LogP contribution in [-0.4, -0.2) is 24.6 Å². The summed E-state index contributed by atoms with van der Waals surface area (Å²) in [6, 6.07) is 1.82. The van der Waals surface area contributed by atoms with Crippen LogP contribution < -0.4 is 0 Å². The zero-order valence-corrected chi connectivity index (χ0v) is 9.26. The number of thiophene rings is 1. The average molecular weight is 239 g/mol. The maximum absolute atomic E-state index is 11.4. The SMILES string of the molecule is CS(=O)(=O)c1csc2ncc(C#N)nc12. The monoisotopic (exact) mass is 239 g/mol. The molecule has 2 aromatic rings. The van der Waals surface area contributed by atoms with E-state index in [2.05, 4.69) is 9.97 Å². The Bertz CT molecular complexity index is 667. The summed E-state index contributed by atoms with van der Waals surface area (Å²) in [5.41, 5.74) is 0.396. The zero-order valence-electron chi connectivity index (χ0n) is 7.63. The van der Waals surface area contributed by atoms with Crippen LogP contribution in [0.25, 0.3) is 10.3 Å². The number of hydrogen-bond acceptors (Lipinski definition) is 6. The predicted molar refractivity (Wildman–Crippen MR) is 55.2 cm³/mol. The van der Waals surface area contributed by atoms with Crippen molar-refractivity contribution in [2.24, 2.45) is 0 Å². The molecule has 0 aliphatic heterocycles. The first-order chi connectivity index (χ1) is 7.02. The minimum Gasteiger partial charge on any atom is -0.241 e. The van der Waals surface area contributed by atoms with Gasteiger partial charge in [0.05, 0.1) is 6.20 Å². The summed E-state index contributed by atoms with van der Waals surface area (Å²) in [7, 11) is -3.31. The van der Waals surface area contributed by atoms with Crippen LogP contribution in [-0.2, 0) is 9.84 Å². The van der Waals surface area contributed by atoms with Gasteiger partial charge in [-0.15, -0.1) is 11.3 Å². The van der Waals surface area contributed by atoms with E-state index >= 15 is 0 Å². The maximum atomic E-state index is 11.4. The van der Waals surface area contributed by atoms with Gasteiger partial charge in [-0.3, -0.25) is 0 Å². The van der Waals surface area contributed by atoms with E-state index in [-0.39, 0.29) is 16.1 Å². The molecule has 0 radical (unpaired) electrons. The molecule has 2 aromatic heterocycles. The van der Waals surface area contributed by atoms with Crippen molar-refractivity contribution in [2.45, 2.75) is 4.90 Å². The van der Waals surface area contributed by atoms with Gasteiger partial charge in [0.25, 0.3) is 0 Å². The smallest absolute Gasteiger partial charge is 0.178 e. The number of nitrogens with zero attached hydrogens (tertiary/aromatic N) is 3. The summed E-state index contributed by atoms with van der Waals surface area (Å²) in [5, 5.41) is 10.1. The summed E-state index contributed by atoms with van der Waals surface area (Å²) in [4.78, 5) is 8.54. The van der Waals surface area contributed by atoms with E-state index in [0.29, 0.717) is 4.83 Å². The van der Waals surface area contributed by atoms with Crippen molar-refractivity contribution in [3.63, 3.8) is 0 Å². The minimum absolute atomic E-state index is 0.116. The Hall–Kier alpha value is -1.52. The van der Waals surface area contributed by atoms with Crippen LogP contribution in [0.4, 0.5) is 0 Å². The van der Waals surface area contributed by atoms with E-state index in [1.807, 2.05) is 6.07 Å². The van der Waals surface area contributed by atoms with E-state index in [4.69, 9.17) is 5.26 Å². The summed E-state index contributed by atoms with van der Waals surface area (Å²) in [6.07, 6.45) is 2.43. The third kappa shape index (κ3) is 1.69. The second kappa shape index (κ2) is 3.25. The van der Waals surface area contributed by atoms with Gasteiger partial charge in [0.2, 0.25) is 0 Å². The fraction of sp³-hybridized carbons (Fsp3) is 0.125. The van der Waals surface area contributed by atoms with Gasteiger partial charge in [-0.05, 0) is 0 Å². The minimum atomic E-state index is -3.31. The average Bonchev–Trinajstić information content (AvgIpc) is 2.59. The molecule has 0 spiro atoms.